The van der Waals surface area contributed by atoms with Crippen LogP contribution < -0.4 is 124 Å². The summed E-state index contributed by atoms with van der Waals surface area (Å²) < 4.78 is 25.2. The van der Waals surface area contributed by atoms with Gasteiger partial charge in [-0.1, -0.05) is 53.8 Å². The van der Waals surface area contributed by atoms with Gasteiger partial charge in [-0.2, -0.15) is 0 Å². The first kappa shape index (κ1) is 81.1. The molecule has 3 fully saturated rings. The third-order valence-electron chi connectivity index (χ3n) is 11.7. The summed E-state index contributed by atoms with van der Waals surface area (Å²) in [5.41, 5.74) is 5.91. The number of carbonyl (C=O) groups excluding carboxylic acids is 7. The Bertz CT molecular complexity index is 2580. The van der Waals surface area contributed by atoms with Gasteiger partial charge in [0.05, 0.1) is 33.5 Å². The Morgan fingerprint density at radius 3 is 1.39 bits per heavy atom. The standard InChI is InChI=1S/C17H25ClN4O4.C16H21ClN4O3.C10H20N2O2.C7H6Cl2N2O2.CH2O3.CH4.2K.H/c1-17(2,3)26-16(24)22-7-5-11(6-8-22)21-15-12(9-13(23)25-4)14(18)19-10-20-15;1-16(2,3)24-15(23)20-6-4-10(5-7-20)21-12(22)8-11-13(17)18-9-19-14(11)21;1-10(2,3)14-9(13)12-6-4-8(11)5-7-12;1-13-5(12)2-4-6(8)10-3-11-7(4)9;2-1-4-3;;;;/h10-11H,5-9H2,1-4H3,(H,19,20,21);9-10H,4-8H2,1-3H3;8H,4-7,11H2,1-3H3;3H,2H2,1H3;1,3H;1H4;;;/q;;;;;;2*+1;-1/p-1. The third-order valence-corrected chi connectivity index (χ3v) is 13.0. The molecule has 0 saturated carbocycles. The van der Waals surface area contributed by atoms with Crippen LogP contribution in [-0.4, -0.2) is 176 Å². The van der Waals surface area contributed by atoms with Crippen molar-refractivity contribution in [3.8, 4) is 0 Å². The minimum atomic E-state index is -0.508. The van der Waals surface area contributed by atoms with Gasteiger partial charge in [0.1, 0.15) is 68.0 Å². The number of amides is 4. The topological polar surface area (TPSA) is 326 Å². The van der Waals surface area contributed by atoms with Gasteiger partial charge in [-0.3, -0.25) is 24.1 Å². The minimum Gasteiger partial charge on any atom is -1.00 e. The summed E-state index contributed by atoms with van der Waals surface area (Å²) in [5.74, 6) is 0.271. The van der Waals surface area contributed by atoms with Gasteiger partial charge < -0.3 is 61.0 Å². The van der Waals surface area contributed by atoms with E-state index < -0.39 is 28.7 Å². The number of anilines is 2. The van der Waals surface area contributed by atoms with Crippen molar-refractivity contribution in [3.63, 3.8) is 0 Å². The molecule has 0 aromatic carbocycles. The van der Waals surface area contributed by atoms with Crippen LogP contribution in [0.25, 0.3) is 0 Å². The van der Waals surface area contributed by atoms with E-state index in [4.69, 9.17) is 81.1 Å². The molecule has 4 aliphatic heterocycles. The summed E-state index contributed by atoms with van der Waals surface area (Å²) in [4.78, 5) is 112. The molecule has 0 unspecified atom stereocenters. The quantitative estimate of drug-likeness (QED) is 0.0607. The molecule has 0 spiro atoms. The number of nitrogens with zero attached hydrogens (tertiary/aromatic N) is 10. The van der Waals surface area contributed by atoms with Crippen molar-refractivity contribution in [1.29, 1.82) is 0 Å². The van der Waals surface area contributed by atoms with Gasteiger partial charge in [0, 0.05) is 74.1 Å². The molecular weight excluding hydrogens is 1240 g/mol. The smallest absolute Gasteiger partial charge is 1.00 e. The van der Waals surface area contributed by atoms with Crippen LogP contribution in [0.3, 0.4) is 0 Å². The number of nitrogens with one attached hydrogen (secondary N) is 1. The van der Waals surface area contributed by atoms with Gasteiger partial charge in [0.25, 0.3) is 6.47 Å². The van der Waals surface area contributed by atoms with Gasteiger partial charge in [-0.25, -0.2) is 44.3 Å². The van der Waals surface area contributed by atoms with Crippen LogP contribution in [0, 0.1) is 0 Å². The zero-order valence-electron chi connectivity index (χ0n) is 50.4. The maximum atomic E-state index is 12.4. The molecule has 0 aliphatic carbocycles. The van der Waals surface area contributed by atoms with Crippen LogP contribution in [-0.2, 0) is 67.0 Å². The molecule has 3 saturated heterocycles. The molecule has 0 radical (unpaired) electrons. The summed E-state index contributed by atoms with van der Waals surface area (Å²) in [6.07, 6.45) is 7.94. The molecule has 7 rings (SSSR count). The average Bonchev–Trinajstić information content (AvgIpc) is 2.17. The molecule has 460 valence electrons. The Balaban J connectivity index is 0. The minimum absolute atomic E-state index is 0. The summed E-state index contributed by atoms with van der Waals surface area (Å²) in [7, 11) is 2.60. The van der Waals surface area contributed by atoms with E-state index in [0.717, 1.165) is 38.8 Å². The fourth-order valence-corrected chi connectivity index (χ4v) is 8.71. The third kappa shape index (κ3) is 28.9. The van der Waals surface area contributed by atoms with Crippen LogP contribution in [0.4, 0.5) is 26.0 Å². The molecular formula is C52H78Cl4K2N12O14. The number of rotatable bonds is 8. The first-order valence-corrected chi connectivity index (χ1v) is 27.2. The fraction of sp³-hybridized carbons (Fsp3) is 0.635. The number of likely N-dealkylation sites (tertiary alicyclic amines) is 3. The zero-order chi connectivity index (χ0) is 60.8. The Morgan fingerprint density at radius 1 is 0.631 bits per heavy atom. The number of methoxy groups -OCH3 is 2. The summed E-state index contributed by atoms with van der Waals surface area (Å²) in [6.45, 7) is 20.2. The summed E-state index contributed by atoms with van der Waals surface area (Å²) in [6, 6.07) is 0.369. The molecule has 0 atom stereocenters. The maximum absolute atomic E-state index is 12.4. The van der Waals surface area contributed by atoms with Crippen molar-refractivity contribution in [1.82, 2.24) is 44.6 Å². The van der Waals surface area contributed by atoms with Crippen LogP contribution in [0.15, 0.2) is 19.0 Å². The number of hydrogen-bond donors (Lipinski definition) is 2. The van der Waals surface area contributed by atoms with E-state index in [2.05, 4.69) is 44.8 Å². The van der Waals surface area contributed by atoms with E-state index in [9.17, 15) is 28.8 Å². The van der Waals surface area contributed by atoms with Crippen LogP contribution in [0.1, 0.15) is 126 Å². The number of aromatic nitrogens is 6. The van der Waals surface area contributed by atoms with E-state index >= 15 is 0 Å². The largest absolute Gasteiger partial charge is 1.00 e. The van der Waals surface area contributed by atoms with Crippen molar-refractivity contribution in [2.75, 3.05) is 63.7 Å². The molecule has 4 aliphatic rings. The number of nitrogens with two attached hydrogens (primary N) is 1. The molecule has 4 amide bonds. The van der Waals surface area contributed by atoms with Crippen molar-refractivity contribution in [3.05, 3.63) is 56.3 Å². The number of hydrogen-bond acceptors (Lipinski definition) is 22. The second-order valence-corrected chi connectivity index (χ2v) is 22.9. The van der Waals surface area contributed by atoms with Gasteiger partial charge in [0.15, 0.2) is 0 Å². The van der Waals surface area contributed by atoms with Crippen molar-refractivity contribution < 1.29 is 172 Å². The van der Waals surface area contributed by atoms with Crippen LogP contribution in [0.5, 0.6) is 0 Å². The van der Waals surface area contributed by atoms with Crippen LogP contribution in [0.2, 0.25) is 20.6 Å². The Kier molecular flexibility index (Phi) is 37.8. The molecule has 3 aromatic rings. The molecule has 32 heteroatoms. The number of ether oxygens (including phenoxy) is 5. The van der Waals surface area contributed by atoms with E-state index in [1.807, 2.05) is 62.3 Å². The first-order chi connectivity index (χ1) is 37.9. The van der Waals surface area contributed by atoms with E-state index in [-0.39, 0.29) is 195 Å². The summed E-state index contributed by atoms with van der Waals surface area (Å²) >= 11 is 23.5. The Hall–Kier alpha value is -2.92. The molecule has 26 nitrogen and oxygen atoms in total. The number of piperidine rings is 3. The molecule has 3 aromatic heterocycles. The molecule has 0 bridgehead atoms. The average molecular weight is 1320 g/mol. The fourth-order valence-electron chi connectivity index (χ4n) is 7.86. The molecule has 84 heavy (non-hydrogen) atoms. The van der Waals surface area contributed by atoms with Crippen molar-refractivity contribution in [2.24, 2.45) is 5.73 Å². The van der Waals surface area contributed by atoms with E-state index in [1.165, 1.54) is 33.2 Å². The normalized spacial score (nSPS) is 15.2. The first-order valence-electron chi connectivity index (χ1n) is 25.7. The van der Waals surface area contributed by atoms with Crippen molar-refractivity contribution >= 4 is 101 Å². The van der Waals surface area contributed by atoms with E-state index in [1.54, 1.807) is 19.6 Å². The second-order valence-electron chi connectivity index (χ2n) is 21.4. The SMILES string of the molecule is C.CC(C)(C)OC(=O)N1CCC(N)CC1.CC(C)(C)OC(=O)N1CCC(N2C(=O)Cc3c(Cl)ncnc32)CC1.COC(=O)Cc1c(Cl)ncnc1Cl.COC(=O)Cc1c(Cl)ncnc1NC1CCN(C(=O)OC(C)(C)C)CC1.O=CO[O-].[H-].[K+].[K+]. The van der Waals surface area contributed by atoms with Gasteiger partial charge in [0.2, 0.25) is 5.91 Å². The maximum Gasteiger partial charge on any atom is 1.00 e. The zero-order valence-corrected chi connectivity index (χ0v) is 58.7. The Labute approximate surface area is 597 Å². The number of halogens is 4. The molecule has 7 heterocycles. The predicted octanol–water partition coefficient (Wildman–Crippen LogP) is 1.11. The number of esters is 2. The monoisotopic (exact) mass is 1310 g/mol. The number of fused-ring (bicyclic) bond motifs is 1. The number of carbonyl (C=O) groups is 7. The van der Waals surface area contributed by atoms with E-state index in [0.29, 0.717) is 72.5 Å². The Morgan fingerprint density at radius 2 is 0.988 bits per heavy atom. The van der Waals surface area contributed by atoms with Crippen LogP contribution >= 0.6 is 46.4 Å². The van der Waals surface area contributed by atoms with Gasteiger partial charge in [-0.15, -0.1) is 0 Å². The molecule has 3 N–H and O–H groups in total. The van der Waals surface area contributed by atoms with Crippen molar-refractivity contribution in [2.45, 2.75) is 162 Å². The summed E-state index contributed by atoms with van der Waals surface area (Å²) in [5, 5.41) is 12.6. The predicted molar refractivity (Wildman–Crippen MR) is 304 cm³/mol. The van der Waals surface area contributed by atoms with Gasteiger partial charge in [-0.05, 0) is 101 Å². The second kappa shape index (κ2) is 39.2. The van der Waals surface area contributed by atoms with Gasteiger partial charge >= 0.3 is 133 Å².